The van der Waals surface area contributed by atoms with Gasteiger partial charge in [0.1, 0.15) is 5.56 Å². The predicted molar refractivity (Wildman–Crippen MR) is 74.9 cm³/mol. The first-order valence-electron chi connectivity index (χ1n) is 6.78. The second-order valence-corrected chi connectivity index (χ2v) is 6.34. The molecule has 2 unspecified atom stereocenters. The Kier molecular flexibility index (Phi) is 3.55. The molecule has 7 heteroatoms. The van der Waals surface area contributed by atoms with Crippen LogP contribution >= 0.6 is 11.8 Å². The van der Waals surface area contributed by atoms with Crippen LogP contribution in [0.3, 0.4) is 0 Å². The van der Waals surface area contributed by atoms with Gasteiger partial charge in [-0.3, -0.25) is 14.2 Å². The van der Waals surface area contributed by atoms with E-state index in [0.29, 0.717) is 18.2 Å². The maximum absolute atomic E-state index is 12.5. The number of likely N-dealkylation sites (tertiary alicyclic amines) is 1. The maximum atomic E-state index is 12.5. The highest BCUT2D eigenvalue weighted by Crippen LogP contribution is 2.25. The van der Waals surface area contributed by atoms with Gasteiger partial charge in [-0.1, -0.05) is 18.7 Å². The first-order valence-corrected chi connectivity index (χ1v) is 7.76. The zero-order valence-electron chi connectivity index (χ0n) is 11.3. The third-order valence-corrected chi connectivity index (χ3v) is 5.09. The van der Waals surface area contributed by atoms with Crippen LogP contribution in [0.15, 0.2) is 16.1 Å². The number of hydrogen-bond acceptors (Lipinski definition) is 5. The summed E-state index contributed by atoms with van der Waals surface area (Å²) in [5.41, 5.74) is -0.148. The van der Waals surface area contributed by atoms with Crippen LogP contribution in [0.2, 0.25) is 0 Å². The number of carbonyl (C=O) groups is 1. The molecule has 2 aliphatic rings. The van der Waals surface area contributed by atoms with Crippen molar-refractivity contribution in [3.05, 3.63) is 22.1 Å². The summed E-state index contributed by atoms with van der Waals surface area (Å²) in [4.78, 5) is 30.7. The van der Waals surface area contributed by atoms with Crippen molar-refractivity contribution in [3.8, 4) is 0 Å². The lowest BCUT2D eigenvalue weighted by Gasteiger charge is -2.25. The van der Waals surface area contributed by atoms with Crippen molar-refractivity contribution in [2.45, 2.75) is 31.1 Å². The monoisotopic (exact) mass is 295 g/mol. The van der Waals surface area contributed by atoms with Crippen molar-refractivity contribution in [2.75, 3.05) is 18.9 Å². The quantitative estimate of drug-likeness (QED) is 0.788. The van der Waals surface area contributed by atoms with Gasteiger partial charge in [0.05, 0.1) is 12.6 Å². The van der Waals surface area contributed by atoms with Crippen LogP contribution < -0.4 is 5.56 Å². The van der Waals surface area contributed by atoms with Gasteiger partial charge in [0.2, 0.25) is 0 Å². The first kappa shape index (κ1) is 13.6. The molecule has 0 bridgehead atoms. The third kappa shape index (κ3) is 2.05. The van der Waals surface area contributed by atoms with E-state index in [4.69, 9.17) is 0 Å². The van der Waals surface area contributed by atoms with Crippen LogP contribution in [0.4, 0.5) is 0 Å². The number of aliphatic hydroxyl groups excluding tert-OH is 1. The summed E-state index contributed by atoms with van der Waals surface area (Å²) in [6, 6.07) is -0.200. The Bertz CT molecular complexity index is 601. The zero-order valence-corrected chi connectivity index (χ0v) is 12.1. The molecule has 1 saturated heterocycles. The number of carbonyl (C=O) groups excluding carboxylic acids is 1. The van der Waals surface area contributed by atoms with E-state index in [9.17, 15) is 14.7 Å². The van der Waals surface area contributed by atoms with Crippen molar-refractivity contribution >= 4 is 17.7 Å². The Morgan fingerprint density at radius 2 is 2.35 bits per heavy atom. The van der Waals surface area contributed by atoms with Gasteiger partial charge in [0.25, 0.3) is 11.5 Å². The molecular weight excluding hydrogens is 278 g/mol. The summed E-state index contributed by atoms with van der Waals surface area (Å²) < 4.78 is 1.56. The molecule has 2 aliphatic heterocycles. The van der Waals surface area contributed by atoms with Crippen molar-refractivity contribution < 1.29 is 9.90 Å². The lowest BCUT2D eigenvalue weighted by molar-refractivity contribution is 0.0645. The number of hydrogen-bond donors (Lipinski definition) is 1. The molecule has 1 fully saturated rings. The van der Waals surface area contributed by atoms with Crippen LogP contribution in [-0.2, 0) is 6.54 Å². The molecule has 20 heavy (non-hydrogen) atoms. The second-order valence-electron chi connectivity index (χ2n) is 5.27. The van der Waals surface area contributed by atoms with Gasteiger partial charge in [0.15, 0.2) is 5.16 Å². The van der Waals surface area contributed by atoms with Crippen LogP contribution in [0.5, 0.6) is 0 Å². The average Bonchev–Trinajstić information content (AvgIpc) is 3.05. The Hall–Kier alpha value is -1.34. The summed E-state index contributed by atoms with van der Waals surface area (Å²) in [5.74, 6) is 0.766. The molecule has 0 spiro atoms. The molecular formula is C13H17N3O3S. The van der Waals surface area contributed by atoms with E-state index in [-0.39, 0.29) is 35.6 Å². The summed E-state index contributed by atoms with van der Waals surface area (Å²) in [5, 5.41) is 10.1. The molecule has 1 N–H and O–H groups in total. The molecule has 1 amide bonds. The van der Waals surface area contributed by atoms with Crippen molar-refractivity contribution in [3.63, 3.8) is 0 Å². The maximum Gasteiger partial charge on any atom is 0.267 e. The zero-order chi connectivity index (χ0) is 14.3. The van der Waals surface area contributed by atoms with Crippen LogP contribution in [-0.4, -0.2) is 50.4 Å². The van der Waals surface area contributed by atoms with E-state index in [2.05, 4.69) is 4.98 Å². The number of aliphatic hydroxyl groups is 1. The number of amides is 1. The van der Waals surface area contributed by atoms with E-state index < -0.39 is 0 Å². The lowest BCUT2D eigenvalue weighted by Crippen LogP contribution is -2.42. The van der Waals surface area contributed by atoms with Gasteiger partial charge in [-0.2, -0.15) is 0 Å². The minimum absolute atomic E-state index is 0.0670. The second kappa shape index (κ2) is 5.21. The van der Waals surface area contributed by atoms with Crippen molar-refractivity contribution in [2.24, 2.45) is 5.92 Å². The van der Waals surface area contributed by atoms with Crippen LogP contribution in [0.25, 0.3) is 0 Å². The summed E-state index contributed by atoms with van der Waals surface area (Å²) in [7, 11) is 0. The van der Waals surface area contributed by atoms with Gasteiger partial charge in [0, 0.05) is 25.0 Å². The first-order chi connectivity index (χ1) is 9.63. The Morgan fingerprint density at radius 1 is 1.55 bits per heavy atom. The molecule has 0 radical (unpaired) electrons. The molecule has 2 atom stereocenters. The fourth-order valence-electron chi connectivity index (χ4n) is 2.86. The molecule has 0 saturated carbocycles. The Morgan fingerprint density at radius 3 is 3.10 bits per heavy atom. The SMILES string of the molecule is CC1CCN(C(=O)c2cnc3n(c2=O)CCS3)C1CO. The Balaban J connectivity index is 1.94. The average molecular weight is 295 g/mol. The van der Waals surface area contributed by atoms with Crippen molar-refractivity contribution in [1.82, 2.24) is 14.5 Å². The minimum Gasteiger partial charge on any atom is -0.394 e. The minimum atomic E-state index is -0.307. The van der Waals surface area contributed by atoms with E-state index >= 15 is 0 Å². The largest absolute Gasteiger partial charge is 0.394 e. The molecule has 108 valence electrons. The summed E-state index contributed by atoms with van der Waals surface area (Å²) >= 11 is 1.53. The van der Waals surface area contributed by atoms with Crippen molar-refractivity contribution in [1.29, 1.82) is 0 Å². The predicted octanol–water partition coefficient (Wildman–Crippen LogP) is 0.192. The van der Waals surface area contributed by atoms with Crippen LogP contribution in [0.1, 0.15) is 23.7 Å². The van der Waals surface area contributed by atoms with Gasteiger partial charge < -0.3 is 10.0 Å². The normalized spacial score (nSPS) is 25.0. The van der Waals surface area contributed by atoms with E-state index in [1.807, 2.05) is 6.92 Å². The van der Waals surface area contributed by atoms with Gasteiger partial charge in [-0.15, -0.1) is 0 Å². The number of aromatic nitrogens is 2. The molecule has 1 aromatic rings. The van der Waals surface area contributed by atoms with Gasteiger partial charge in [-0.25, -0.2) is 4.98 Å². The number of thioether (sulfide) groups is 1. The standard InChI is InChI=1S/C13H17N3O3S/c1-8-2-3-15(10(8)7-17)11(18)9-6-14-13-16(12(9)19)4-5-20-13/h6,8,10,17H,2-5,7H2,1H3. The van der Waals surface area contributed by atoms with E-state index in [0.717, 1.165) is 12.2 Å². The van der Waals surface area contributed by atoms with E-state index in [1.165, 1.54) is 18.0 Å². The third-order valence-electron chi connectivity index (χ3n) is 4.12. The molecule has 6 nitrogen and oxygen atoms in total. The smallest absolute Gasteiger partial charge is 0.267 e. The molecule has 3 rings (SSSR count). The molecule has 1 aromatic heterocycles. The van der Waals surface area contributed by atoms with Crippen LogP contribution in [0, 0.1) is 5.92 Å². The summed E-state index contributed by atoms with van der Waals surface area (Å²) in [6.07, 6.45) is 2.23. The van der Waals surface area contributed by atoms with Gasteiger partial charge >= 0.3 is 0 Å². The Labute approximate surface area is 120 Å². The highest BCUT2D eigenvalue weighted by molar-refractivity contribution is 7.99. The highest BCUT2D eigenvalue weighted by atomic mass is 32.2. The number of rotatable bonds is 2. The molecule has 0 aliphatic carbocycles. The number of fused-ring (bicyclic) bond motifs is 1. The number of nitrogens with zero attached hydrogens (tertiary/aromatic N) is 3. The van der Waals surface area contributed by atoms with E-state index in [1.54, 1.807) is 9.47 Å². The molecule has 0 aromatic carbocycles. The topological polar surface area (TPSA) is 75.4 Å². The lowest BCUT2D eigenvalue weighted by atomic mass is 10.0. The fraction of sp³-hybridized carbons (Fsp3) is 0.615. The molecule has 3 heterocycles. The fourth-order valence-corrected chi connectivity index (χ4v) is 3.77. The summed E-state index contributed by atoms with van der Waals surface area (Å²) in [6.45, 7) is 3.13. The highest BCUT2D eigenvalue weighted by Gasteiger charge is 2.35. The van der Waals surface area contributed by atoms with Gasteiger partial charge in [-0.05, 0) is 12.3 Å².